The fourth-order valence-corrected chi connectivity index (χ4v) is 3.00. The molecule has 3 rings (SSSR count). The highest BCUT2D eigenvalue weighted by molar-refractivity contribution is 5.83. The third-order valence-electron chi connectivity index (χ3n) is 4.46. The van der Waals surface area contributed by atoms with Crippen LogP contribution < -0.4 is 10.9 Å². The van der Waals surface area contributed by atoms with Gasteiger partial charge in [-0.15, -0.1) is 0 Å². The number of pyridine rings is 1. The Balaban J connectivity index is 1.82. The molecule has 0 bridgehead atoms. The molecule has 2 aromatic carbocycles. The number of anilines is 1. The maximum atomic E-state index is 12.8. The van der Waals surface area contributed by atoms with E-state index in [2.05, 4.69) is 5.32 Å². The van der Waals surface area contributed by atoms with Crippen LogP contribution in [0.25, 0.3) is 0 Å². The predicted octanol–water partition coefficient (Wildman–Crippen LogP) is 3.82. The number of aryl methyl sites for hydroxylation is 2. The van der Waals surface area contributed by atoms with Gasteiger partial charge in [-0.05, 0) is 30.5 Å². The van der Waals surface area contributed by atoms with E-state index >= 15 is 0 Å². The minimum absolute atomic E-state index is 0.180. The van der Waals surface area contributed by atoms with Crippen molar-refractivity contribution in [2.45, 2.75) is 26.4 Å². The Morgan fingerprint density at radius 1 is 0.962 bits per heavy atom. The van der Waals surface area contributed by atoms with E-state index < -0.39 is 0 Å². The maximum Gasteiger partial charge on any atom is 0.263 e. The maximum absolute atomic E-state index is 12.8. The first-order chi connectivity index (χ1) is 12.7. The number of carbonyl (C=O) groups excluding carboxylic acids is 1. The van der Waals surface area contributed by atoms with Crippen LogP contribution in [0.15, 0.2) is 71.5 Å². The largest absolute Gasteiger partial charge is 0.380 e. The SMILES string of the molecule is Cc1cc(NCc2ccccc2)c(C=O)c(=O)n1CCc1ccccc1. The average Bonchev–Trinajstić information content (AvgIpc) is 2.67. The molecule has 1 heterocycles. The Morgan fingerprint density at radius 3 is 2.19 bits per heavy atom. The monoisotopic (exact) mass is 346 g/mol. The molecular formula is C22H22N2O2. The smallest absolute Gasteiger partial charge is 0.263 e. The van der Waals surface area contributed by atoms with Crippen LogP contribution in [0.5, 0.6) is 0 Å². The van der Waals surface area contributed by atoms with Crippen LogP contribution >= 0.6 is 0 Å². The van der Waals surface area contributed by atoms with Crippen LogP contribution in [0.4, 0.5) is 5.69 Å². The van der Waals surface area contributed by atoms with E-state index in [0.717, 1.165) is 23.2 Å². The summed E-state index contributed by atoms with van der Waals surface area (Å²) in [5, 5.41) is 3.22. The van der Waals surface area contributed by atoms with Gasteiger partial charge in [0.05, 0.1) is 5.69 Å². The lowest BCUT2D eigenvalue weighted by atomic mass is 10.1. The molecule has 0 amide bonds. The Kier molecular flexibility index (Phi) is 5.64. The van der Waals surface area contributed by atoms with Gasteiger partial charge in [-0.1, -0.05) is 60.7 Å². The summed E-state index contributed by atoms with van der Waals surface area (Å²) in [6, 6.07) is 21.8. The first-order valence-electron chi connectivity index (χ1n) is 8.70. The number of hydrogen-bond donors (Lipinski definition) is 1. The summed E-state index contributed by atoms with van der Waals surface area (Å²) < 4.78 is 1.67. The van der Waals surface area contributed by atoms with E-state index in [1.54, 1.807) is 4.57 Å². The normalized spacial score (nSPS) is 10.5. The third-order valence-corrected chi connectivity index (χ3v) is 4.46. The fourth-order valence-electron chi connectivity index (χ4n) is 3.00. The van der Waals surface area contributed by atoms with Crippen LogP contribution in [0.2, 0.25) is 0 Å². The number of hydrogen-bond acceptors (Lipinski definition) is 3. The van der Waals surface area contributed by atoms with Gasteiger partial charge in [0, 0.05) is 18.8 Å². The Hall–Kier alpha value is -3.14. The summed E-state index contributed by atoms with van der Waals surface area (Å²) in [6.07, 6.45) is 1.39. The first kappa shape index (κ1) is 17.7. The second kappa shape index (κ2) is 8.30. The minimum Gasteiger partial charge on any atom is -0.380 e. The highest BCUT2D eigenvalue weighted by atomic mass is 16.1. The molecule has 0 aliphatic heterocycles. The van der Waals surface area contributed by atoms with Crippen molar-refractivity contribution < 1.29 is 4.79 Å². The quantitative estimate of drug-likeness (QED) is 0.662. The van der Waals surface area contributed by atoms with Gasteiger partial charge in [-0.2, -0.15) is 0 Å². The van der Waals surface area contributed by atoms with Crippen LogP contribution in [0.1, 0.15) is 27.2 Å². The van der Waals surface area contributed by atoms with Crippen molar-refractivity contribution in [3.63, 3.8) is 0 Å². The van der Waals surface area contributed by atoms with Gasteiger partial charge >= 0.3 is 0 Å². The number of benzene rings is 2. The zero-order chi connectivity index (χ0) is 18.4. The molecule has 1 N–H and O–H groups in total. The van der Waals surface area contributed by atoms with Gasteiger partial charge in [-0.25, -0.2) is 0 Å². The van der Waals surface area contributed by atoms with Crippen molar-refractivity contribution in [3.05, 3.63) is 99.5 Å². The second-order valence-corrected chi connectivity index (χ2v) is 6.26. The van der Waals surface area contributed by atoms with Gasteiger partial charge < -0.3 is 9.88 Å². The number of rotatable bonds is 7. The molecule has 4 nitrogen and oxygen atoms in total. The molecule has 1 aromatic heterocycles. The number of nitrogens with zero attached hydrogens (tertiary/aromatic N) is 1. The molecule has 0 aliphatic rings. The van der Waals surface area contributed by atoms with Gasteiger partial charge in [0.1, 0.15) is 5.56 Å². The zero-order valence-electron chi connectivity index (χ0n) is 14.8. The molecule has 0 unspecified atom stereocenters. The second-order valence-electron chi connectivity index (χ2n) is 6.26. The number of carbonyl (C=O) groups is 1. The van der Waals surface area contributed by atoms with Gasteiger partial charge in [-0.3, -0.25) is 9.59 Å². The van der Waals surface area contributed by atoms with Crippen molar-refractivity contribution >= 4 is 12.0 Å². The number of aromatic nitrogens is 1. The molecular weight excluding hydrogens is 324 g/mol. The summed E-state index contributed by atoms with van der Waals surface area (Å²) in [6.45, 7) is 3.01. The van der Waals surface area contributed by atoms with Crippen molar-refractivity contribution in [1.82, 2.24) is 4.57 Å². The van der Waals surface area contributed by atoms with Gasteiger partial charge in [0.2, 0.25) is 0 Å². The van der Waals surface area contributed by atoms with Crippen LogP contribution in [0.3, 0.4) is 0 Å². The lowest BCUT2D eigenvalue weighted by Crippen LogP contribution is -2.27. The molecule has 0 fully saturated rings. The Bertz CT molecular complexity index is 932. The molecule has 0 saturated heterocycles. The van der Waals surface area contributed by atoms with Crippen LogP contribution in [0, 0.1) is 6.92 Å². The number of aldehydes is 1. The standard InChI is InChI=1S/C22H22N2O2/c1-17-14-21(23-15-19-10-6-3-7-11-19)20(16-25)22(26)24(17)13-12-18-8-4-2-5-9-18/h2-11,14,16,23H,12-13,15H2,1H3. The summed E-state index contributed by atoms with van der Waals surface area (Å²) in [4.78, 5) is 24.3. The van der Waals surface area contributed by atoms with E-state index in [4.69, 9.17) is 0 Å². The molecule has 0 spiro atoms. The summed E-state index contributed by atoms with van der Waals surface area (Å²) in [5.74, 6) is 0. The van der Waals surface area contributed by atoms with E-state index in [1.807, 2.05) is 73.7 Å². The molecule has 132 valence electrons. The van der Waals surface area contributed by atoms with E-state index in [0.29, 0.717) is 25.1 Å². The third kappa shape index (κ3) is 4.09. The van der Waals surface area contributed by atoms with E-state index in [1.165, 1.54) is 0 Å². The summed E-state index contributed by atoms with van der Waals surface area (Å²) in [5.41, 5.74) is 3.62. The minimum atomic E-state index is -0.244. The van der Waals surface area contributed by atoms with Crippen LogP contribution in [-0.4, -0.2) is 10.9 Å². The molecule has 0 atom stereocenters. The van der Waals surface area contributed by atoms with E-state index in [9.17, 15) is 9.59 Å². The highest BCUT2D eigenvalue weighted by Gasteiger charge is 2.12. The zero-order valence-corrected chi connectivity index (χ0v) is 14.8. The Morgan fingerprint density at radius 2 is 1.58 bits per heavy atom. The van der Waals surface area contributed by atoms with Crippen molar-refractivity contribution in [2.24, 2.45) is 0 Å². The van der Waals surface area contributed by atoms with Crippen molar-refractivity contribution in [2.75, 3.05) is 5.32 Å². The topological polar surface area (TPSA) is 51.1 Å². The fraction of sp³-hybridized carbons (Fsp3) is 0.182. The number of nitrogens with one attached hydrogen (secondary N) is 1. The molecule has 0 saturated carbocycles. The van der Waals surface area contributed by atoms with Gasteiger partial charge in [0.25, 0.3) is 5.56 Å². The van der Waals surface area contributed by atoms with Crippen molar-refractivity contribution in [1.29, 1.82) is 0 Å². The highest BCUT2D eigenvalue weighted by Crippen LogP contribution is 2.15. The summed E-state index contributed by atoms with van der Waals surface area (Å²) >= 11 is 0. The summed E-state index contributed by atoms with van der Waals surface area (Å²) in [7, 11) is 0. The van der Waals surface area contributed by atoms with Crippen molar-refractivity contribution in [3.8, 4) is 0 Å². The van der Waals surface area contributed by atoms with Crippen LogP contribution in [-0.2, 0) is 19.5 Å². The molecule has 0 radical (unpaired) electrons. The molecule has 4 heteroatoms. The first-order valence-corrected chi connectivity index (χ1v) is 8.70. The molecule has 3 aromatic rings. The lowest BCUT2D eigenvalue weighted by molar-refractivity contribution is 0.112. The lowest BCUT2D eigenvalue weighted by Gasteiger charge is -2.15. The molecule has 0 aliphatic carbocycles. The van der Waals surface area contributed by atoms with E-state index in [-0.39, 0.29) is 11.1 Å². The average molecular weight is 346 g/mol. The van der Waals surface area contributed by atoms with Gasteiger partial charge in [0.15, 0.2) is 6.29 Å². The molecule has 26 heavy (non-hydrogen) atoms. The Labute approximate surface area is 153 Å². The predicted molar refractivity (Wildman–Crippen MR) is 105 cm³/mol.